The molecule has 1 N–H and O–H groups in total. The quantitative estimate of drug-likeness (QED) is 0.733. The van der Waals surface area contributed by atoms with Gasteiger partial charge in [-0.25, -0.2) is 0 Å². The minimum Gasteiger partial charge on any atom is -0.394 e. The lowest BCUT2D eigenvalue weighted by atomic mass is 9.73. The van der Waals surface area contributed by atoms with Crippen molar-refractivity contribution in [2.24, 2.45) is 17.8 Å². The first-order valence-electron chi connectivity index (χ1n) is 8.56. The third kappa shape index (κ3) is 4.75. The molecule has 0 aromatic carbocycles. The van der Waals surface area contributed by atoms with E-state index in [0.29, 0.717) is 0 Å². The Morgan fingerprint density at radius 3 is 2.26 bits per heavy atom. The lowest BCUT2D eigenvalue weighted by molar-refractivity contribution is -0.0603. The molecule has 19 heavy (non-hydrogen) atoms. The topological polar surface area (TPSA) is 29.5 Å². The molecule has 2 fully saturated rings. The Bertz CT molecular complexity index is 225. The molecule has 0 amide bonds. The van der Waals surface area contributed by atoms with E-state index in [-0.39, 0.29) is 12.7 Å². The third-order valence-electron chi connectivity index (χ3n) is 5.38. The molecule has 0 bridgehead atoms. The predicted octanol–water partition coefficient (Wildman–Crippen LogP) is 4.16. The van der Waals surface area contributed by atoms with Crippen LogP contribution in [0.3, 0.4) is 0 Å². The van der Waals surface area contributed by atoms with Crippen molar-refractivity contribution in [3.63, 3.8) is 0 Å². The number of hydrogen-bond donors (Lipinski definition) is 1. The van der Waals surface area contributed by atoms with E-state index < -0.39 is 0 Å². The van der Waals surface area contributed by atoms with Crippen LogP contribution in [0.2, 0.25) is 0 Å². The zero-order valence-electron chi connectivity index (χ0n) is 12.7. The summed E-state index contributed by atoms with van der Waals surface area (Å²) in [6.07, 6.45) is 13.9. The van der Waals surface area contributed by atoms with Gasteiger partial charge in [0.2, 0.25) is 0 Å². The molecule has 1 aliphatic heterocycles. The van der Waals surface area contributed by atoms with Gasteiger partial charge < -0.3 is 9.84 Å². The molecule has 1 heterocycles. The van der Waals surface area contributed by atoms with Gasteiger partial charge in [0.15, 0.2) is 0 Å². The fourth-order valence-electron chi connectivity index (χ4n) is 3.97. The van der Waals surface area contributed by atoms with Crippen LogP contribution in [0.25, 0.3) is 0 Å². The van der Waals surface area contributed by atoms with Gasteiger partial charge in [0, 0.05) is 0 Å². The number of aliphatic hydroxyl groups excluding tert-OH is 1. The number of rotatable bonds is 6. The van der Waals surface area contributed by atoms with Crippen LogP contribution in [0, 0.1) is 17.8 Å². The van der Waals surface area contributed by atoms with Crippen molar-refractivity contribution in [3.05, 3.63) is 0 Å². The summed E-state index contributed by atoms with van der Waals surface area (Å²) < 4.78 is 5.75. The molecule has 2 nitrogen and oxygen atoms in total. The summed E-state index contributed by atoms with van der Waals surface area (Å²) in [6.45, 7) is 3.40. The lowest BCUT2D eigenvalue weighted by Crippen LogP contribution is -2.33. The maximum absolute atomic E-state index is 9.10. The molecule has 1 saturated carbocycles. The summed E-state index contributed by atoms with van der Waals surface area (Å²) in [7, 11) is 0. The fraction of sp³-hybridized carbons (Fsp3) is 1.00. The van der Waals surface area contributed by atoms with Crippen LogP contribution in [-0.2, 0) is 4.74 Å². The second-order valence-corrected chi connectivity index (χ2v) is 6.75. The average molecular weight is 268 g/mol. The lowest BCUT2D eigenvalue weighted by Gasteiger charge is -2.37. The van der Waals surface area contributed by atoms with Crippen LogP contribution in [0.15, 0.2) is 0 Å². The van der Waals surface area contributed by atoms with Crippen LogP contribution >= 0.6 is 0 Å². The molecular weight excluding hydrogens is 236 g/mol. The second-order valence-electron chi connectivity index (χ2n) is 6.75. The highest BCUT2D eigenvalue weighted by Crippen LogP contribution is 2.39. The monoisotopic (exact) mass is 268 g/mol. The number of ether oxygens (including phenoxy) is 1. The Kier molecular flexibility index (Phi) is 6.66. The van der Waals surface area contributed by atoms with E-state index in [2.05, 4.69) is 6.92 Å². The summed E-state index contributed by atoms with van der Waals surface area (Å²) in [6, 6.07) is 0. The predicted molar refractivity (Wildman–Crippen MR) is 79.1 cm³/mol. The van der Waals surface area contributed by atoms with E-state index in [1.165, 1.54) is 57.8 Å². The van der Waals surface area contributed by atoms with Crippen molar-refractivity contribution in [2.75, 3.05) is 13.2 Å². The molecule has 2 rings (SSSR count). The maximum atomic E-state index is 9.10. The van der Waals surface area contributed by atoms with Crippen molar-refractivity contribution in [3.8, 4) is 0 Å². The summed E-state index contributed by atoms with van der Waals surface area (Å²) in [5.74, 6) is 2.69. The molecule has 2 heteroatoms. The van der Waals surface area contributed by atoms with E-state index in [1.807, 2.05) is 0 Å². The molecule has 2 atom stereocenters. The van der Waals surface area contributed by atoms with Gasteiger partial charge in [0.25, 0.3) is 0 Å². The summed E-state index contributed by atoms with van der Waals surface area (Å²) in [5.41, 5.74) is 0. The minimum atomic E-state index is 0.127. The average Bonchev–Trinajstić information content (AvgIpc) is 2.48. The highest BCUT2D eigenvalue weighted by atomic mass is 16.5. The molecule has 1 aliphatic carbocycles. The van der Waals surface area contributed by atoms with Gasteiger partial charge in [-0.3, -0.25) is 0 Å². The molecule has 0 spiro atoms. The number of hydrogen-bond acceptors (Lipinski definition) is 2. The Balaban J connectivity index is 1.63. The molecule has 0 radical (unpaired) electrons. The van der Waals surface area contributed by atoms with Crippen molar-refractivity contribution in [1.82, 2.24) is 0 Å². The van der Waals surface area contributed by atoms with Crippen LogP contribution < -0.4 is 0 Å². The first-order chi connectivity index (χ1) is 9.33. The highest BCUT2D eigenvalue weighted by molar-refractivity contribution is 4.81. The highest BCUT2D eigenvalue weighted by Gasteiger charge is 2.30. The SMILES string of the molecule is CCCCCC1CCC(C2CCC(CO)OC2)CC1. The molecule has 0 aromatic rings. The maximum Gasteiger partial charge on any atom is 0.0806 e. The van der Waals surface area contributed by atoms with Gasteiger partial charge in [-0.15, -0.1) is 0 Å². The smallest absolute Gasteiger partial charge is 0.0806 e. The zero-order valence-corrected chi connectivity index (χ0v) is 12.7. The first kappa shape index (κ1) is 15.3. The largest absolute Gasteiger partial charge is 0.394 e. The minimum absolute atomic E-state index is 0.127. The standard InChI is InChI=1S/C17H32O2/c1-2-3-4-5-14-6-8-15(9-7-14)16-10-11-17(12-18)19-13-16/h14-18H,2-13H2,1H3. The van der Waals surface area contributed by atoms with Gasteiger partial charge in [-0.1, -0.05) is 45.4 Å². The van der Waals surface area contributed by atoms with Crippen molar-refractivity contribution < 1.29 is 9.84 Å². The fourth-order valence-corrected chi connectivity index (χ4v) is 3.97. The Hall–Kier alpha value is -0.0800. The molecular formula is C17H32O2. The molecule has 0 aromatic heterocycles. The second kappa shape index (κ2) is 8.26. The van der Waals surface area contributed by atoms with Gasteiger partial charge in [-0.2, -0.15) is 0 Å². The van der Waals surface area contributed by atoms with Crippen molar-refractivity contribution in [1.29, 1.82) is 0 Å². The van der Waals surface area contributed by atoms with E-state index >= 15 is 0 Å². The van der Waals surface area contributed by atoms with E-state index in [4.69, 9.17) is 9.84 Å². The number of aliphatic hydroxyl groups is 1. The van der Waals surface area contributed by atoms with Crippen LogP contribution in [0.4, 0.5) is 0 Å². The van der Waals surface area contributed by atoms with E-state index in [0.717, 1.165) is 30.8 Å². The van der Waals surface area contributed by atoms with E-state index in [9.17, 15) is 0 Å². The summed E-state index contributed by atoms with van der Waals surface area (Å²) in [5, 5.41) is 9.10. The molecule has 2 aliphatic rings. The van der Waals surface area contributed by atoms with Crippen LogP contribution in [0.5, 0.6) is 0 Å². The summed E-state index contributed by atoms with van der Waals surface area (Å²) >= 11 is 0. The van der Waals surface area contributed by atoms with Crippen LogP contribution in [-0.4, -0.2) is 24.4 Å². The Morgan fingerprint density at radius 2 is 1.68 bits per heavy atom. The molecule has 1 saturated heterocycles. The van der Waals surface area contributed by atoms with Gasteiger partial charge >= 0.3 is 0 Å². The van der Waals surface area contributed by atoms with Gasteiger partial charge in [-0.05, 0) is 43.4 Å². The molecule has 112 valence electrons. The van der Waals surface area contributed by atoms with Crippen molar-refractivity contribution in [2.45, 2.75) is 77.2 Å². The third-order valence-corrected chi connectivity index (χ3v) is 5.38. The van der Waals surface area contributed by atoms with Crippen molar-refractivity contribution >= 4 is 0 Å². The normalized spacial score (nSPS) is 36.3. The zero-order chi connectivity index (χ0) is 13.5. The van der Waals surface area contributed by atoms with E-state index in [1.54, 1.807) is 0 Å². The Morgan fingerprint density at radius 1 is 0.947 bits per heavy atom. The molecule has 2 unspecified atom stereocenters. The summed E-state index contributed by atoms with van der Waals surface area (Å²) in [4.78, 5) is 0. The van der Waals surface area contributed by atoms with Gasteiger partial charge in [0.05, 0.1) is 19.3 Å². The number of unbranched alkanes of at least 4 members (excludes halogenated alkanes) is 2. The Labute approximate surface area is 118 Å². The van der Waals surface area contributed by atoms with Gasteiger partial charge in [0.1, 0.15) is 0 Å². The van der Waals surface area contributed by atoms with Crippen LogP contribution in [0.1, 0.15) is 71.1 Å². The first-order valence-corrected chi connectivity index (χ1v) is 8.56.